The average molecular weight is 323 g/mol. The molecule has 1 aliphatic carbocycles. The minimum atomic E-state index is -0.366. The number of allylic oxidation sites excluding steroid dienone is 2. The van der Waals surface area contributed by atoms with Crippen molar-refractivity contribution in [1.29, 1.82) is 0 Å². The number of nitrogens with one attached hydrogen (secondary N) is 2. The van der Waals surface area contributed by atoms with Crippen molar-refractivity contribution in [3.8, 4) is 5.75 Å². The molecule has 22 heavy (non-hydrogen) atoms. The Labute approximate surface area is 132 Å². The largest absolute Gasteiger partial charge is 0.508 e. The van der Waals surface area contributed by atoms with Crippen LogP contribution in [-0.2, 0) is 9.59 Å². The summed E-state index contributed by atoms with van der Waals surface area (Å²) in [7, 11) is 0. The molecule has 6 nitrogen and oxygen atoms in total. The fraction of sp³-hybridized carbons (Fsp3) is 0.200. The second-order valence-electron chi connectivity index (χ2n) is 4.64. The first-order valence-electron chi connectivity index (χ1n) is 6.63. The molecule has 0 aromatic heterocycles. The topological polar surface area (TPSA) is 98.7 Å². The first-order chi connectivity index (χ1) is 10.5. The Morgan fingerprint density at radius 2 is 1.77 bits per heavy atom. The summed E-state index contributed by atoms with van der Waals surface area (Å²) in [5.41, 5.74) is 0.711. The lowest BCUT2D eigenvalue weighted by Gasteiger charge is -2.16. The first kappa shape index (κ1) is 16.1. The third kappa shape index (κ3) is 3.87. The second-order valence-corrected chi connectivity index (χ2v) is 5.04. The van der Waals surface area contributed by atoms with Crippen LogP contribution in [0.4, 0.5) is 5.69 Å². The Bertz CT molecular complexity index is 668. The van der Waals surface area contributed by atoms with Gasteiger partial charge >= 0.3 is 0 Å². The van der Waals surface area contributed by atoms with Crippen LogP contribution in [0.5, 0.6) is 5.75 Å². The van der Waals surface area contributed by atoms with Crippen LogP contribution in [0.3, 0.4) is 0 Å². The summed E-state index contributed by atoms with van der Waals surface area (Å²) in [6, 6.07) is 4.26. The number of benzene rings is 1. The fourth-order valence-electron chi connectivity index (χ4n) is 1.85. The second kappa shape index (κ2) is 7.11. The van der Waals surface area contributed by atoms with E-state index < -0.39 is 0 Å². The van der Waals surface area contributed by atoms with Crippen LogP contribution in [0.25, 0.3) is 0 Å². The standard InChI is InChI=1S/C15H15ClN2O4/c16-10-6-9(20)2-3-11(10)18-13-8-14(21)12(7-15(13)22)17-4-1-5-19/h2-3,6-8,17-20H,1,4-5H2. The SMILES string of the molecule is O=C1C=C(Nc2ccc(O)cc2Cl)C(=O)C=C1NCCCO. The summed E-state index contributed by atoms with van der Waals surface area (Å²) >= 11 is 5.95. The van der Waals surface area contributed by atoms with E-state index in [1.165, 1.54) is 30.4 Å². The minimum Gasteiger partial charge on any atom is -0.508 e. The van der Waals surface area contributed by atoms with Crippen LogP contribution in [-0.4, -0.2) is 34.9 Å². The van der Waals surface area contributed by atoms with Crippen LogP contribution in [0.2, 0.25) is 5.02 Å². The van der Waals surface area contributed by atoms with Gasteiger partial charge in [0.2, 0.25) is 11.6 Å². The van der Waals surface area contributed by atoms with Gasteiger partial charge in [0.1, 0.15) is 5.75 Å². The van der Waals surface area contributed by atoms with Gasteiger partial charge in [-0.15, -0.1) is 0 Å². The molecule has 116 valence electrons. The molecule has 0 saturated heterocycles. The summed E-state index contributed by atoms with van der Waals surface area (Å²) in [5, 5.41) is 23.8. The zero-order valence-electron chi connectivity index (χ0n) is 11.6. The number of carbonyl (C=O) groups excluding carboxylic acids is 2. The van der Waals surface area contributed by atoms with Gasteiger partial charge in [0.15, 0.2) is 0 Å². The molecule has 1 aromatic carbocycles. The van der Waals surface area contributed by atoms with Crippen molar-refractivity contribution in [1.82, 2.24) is 5.32 Å². The third-order valence-corrected chi connectivity index (χ3v) is 3.27. The average Bonchev–Trinajstić information content (AvgIpc) is 2.47. The zero-order valence-corrected chi connectivity index (χ0v) is 12.4. The molecule has 0 bridgehead atoms. The number of aromatic hydroxyl groups is 1. The van der Waals surface area contributed by atoms with Gasteiger partial charge < -0.3 is 20.8 Å². The molecule has 0 saturated carbocycles. The number of phenols is 1. The maximum absolute atomic E-state index is 12.0. The van der Waals surface area contributed by atoms with Crippen LogP contribution in [0, 0.1) is 0 Å². The molecule has 2 rings (SSSR count). The van der Waals surface area contributed by atoms with Crippen molar-refractivity contribution in [3.05, 3.63) is 46.8 Å². The van der Waals surface area contributed by atoms with E-state index in [0.717, 1.165) is 0 Å². The van der Waals surface area contributed by atoms with Crippen molar-refractivity contribution >= 4 is 28.9 Å². The van der Waals surface area contributed by atoms with Crippen LogP contribution >= 0.6 is 11.6 Å². The molecular formula is C15H15ClN2O4. The number of anilines is 1. The van der Waals surface area contributed by atoms with E-state index in [2.05, 4.69) is 10.6 Å². The van der Waals surface area contributed by atoms with Gasteiger partial charge in [-0.2, -0.15) is 0 Å². The monoisotopic (exact) mass is 322 g/mol. The van der Waals surface area contributed by atoms with E-state index in [9.17, 15) is 14.7 Å². The predicted octanol–water partition coefficient (Wildman–Crippen LogP) is 1.35. The molecule has 4 N–H and O–H groups in total. The van der Waals surface area contributed by atoms with Gasteiger partial charge in [0, 0.05) is 31.4 Å². The van der Waals surface area contributed by atoms with Gasteiger partial charge in [0.25, 0.3) is 0 Å². The molecule has 7 heteroatoms. The van der Waals surface area contributed by atoms with E-state index in [1.54, 1.807) is 0 Å². The molecule has 0 atom stereocenters. The van der Waals surface area contributed by atoms with E-state index in [0.29, 0.717) is 18.7 Å². The fourth-order valence-corrected chi connectivity index (χ4v) is 2.07. The molecule has 1 aliphatic rings. The van der Waals surface area contributed by atoms with Gasteiger partial charge in [-0.1, -0.05) is 11.6 Å². The third-order valence-electron chi connectivity index (χ3n) is 2.95. The maximum atomic E-state index is 12.0. The number of phenolic OH excluding ortho intramolecular Hbond substituents is 1. The molecule has 0 spiro atoms. The number of aliphatic hydroxyl groups is 1. The van der Waals surface area contributed by atoms with Crippen molar-refractivity contribution in [2.45, 2.75) is 6.42 Å². The van der Waals surface area contributed by atoms with E-state index >= 15 is 0 Å². The lowest BCUT2D eigenvalue weighted by molar-refractivity contribution is -0.115. The van der Waals surface area contributed by atoms with Crippen molar-refractivity contribution in [2.24, 2.45) is 0 Å². The molecule has 1 aromatic rings. The number of halogens is 1. The summed E-state index contributed by atoms with van der Waals surface area (Å²) in [4.78, 5) is 24.0. The molecule has 0 aliphatic heterocycles. The number of ketones is 2. The molecule has 0 amide bonds. The lowest BCUT2D eigenvalue weighted by Crippen LogP contribution is -2.27. The molecule has 0 unspecified atom stereocenters. The minimum absolute atomic E-state index is 0.00438. The Balaban J connectivity index is 2.09. The first-order valence-corrected chi connectivity index (χ1v) is 7.01. The van der Waals surface area contributed by atoms with Crippen molar-refractivity contribution < 1.29 is 19.8 Å². The number of aliphatic hydroxyl groups excluding tert-OH is 1. The number of hydrogen-bond donors (Lipinski definition) is 4. The van der Waals surface area contributed by atoms with E-state index in [-0.39, 0.29) is 40.3 Å². The highest BCUT2D eigenvalue weighted by Gasteiger charge is 2.20. The summed E-state index contributed by atoms with van der Waals surface area (Å²) in [6.45, 7) is 0.409. The zero-order chi connectivity index (χ0) is 16.1. The Morgan fingerprint density at radius 3 is 2.45 bits per heavy atom. The lowest BCUT2D eigenvalue weighted by atomic mass is 10.1. The van der Waals surface area contributed by atoms with E-state index in [4.69, 9.17) is 16.7 Å². The van der Waals surface area contributed by atoms with Gasteiger partial charge in [0.05, 0.1) is 22.1 Å². The van der Waals surface area contributed by atoms with Crippen molar-refractivity contribution in [2.75, 3.05) is 18.5 Å². The number of hydrogen-bond acceptors (Lipinski definition) is 6. The molecule has 0 fully saturated rings. The summed E-state index contributed by atoms with van der Waals surface area (Å²) in [6.07, 6.45) is 2.87. The Hall–Kier alpha value is -2.31. The van der Waals surface area contributed by atoms with Crippen LogP contribution in [0.15, 0.2) is 41.7 Å². The molecule has 0 radical (unpaired) electrons. The highest BCUT2D eigenvalue weighted by molar-refractivity contribution is 6.33. The van der Waals surface area contributed by atoms with Gasteiger partial charge in [-0.3, -0.25) is 9.59 Å². The summed E-state index contributed by atoms with van der Waals surface area (Å²) < 4.78 is 0. The predicted molar refractivity (Wildman–Crippen MR) is 82.6 cm³/mol. The quantitative estimate of drug-likeness (QED) is 0.358. The van der Waals surface area contributed by atoms with E-state index in [1.807, 2.05) is 0 Å². The summed E-state index contributed by atoms with van der Waals surface area (Å²) in [5.74, 6) is -0.698. The van der Waals surface area contributed by atoms with Crippen molar-refractivity contribution in [3.63, 3.8) is 0 Å². The molecule has 0 heterocycles. The smallest absolute Gasteiger partial charge is 0.204 e. The van der Waals surface area contributed by atoms with Gasteiger partial charge in [-0.05, 0) is 18.6 Å². The molecular weight excluding hydrogens is 308 g/mol. The normalized spacial score (nSPS) is 14.5. The number of rotatable bonds is 6. The van der Waals surface area contributed by atoms with Crippen LogP contribution in [0.1, 0.15) is 6.42 Å². The highest BCUT2D eigenvalue weighted by Crippen LogP contribution is 2.27. The maximum Gasteiger partial charge on any atom is 0.204 e. The Kier molecular flexibility index (Phi) is 5.19. The Morgan fingerprint density at radius 1 is 1.09 bits per heavy atom. The number of carbonyl (C=O) groups is 2. The van der Waals surface area contributed by atoms with Crippen LogP contribution < -0.4 is 10.6 Å². The van der Waals surface area contributed by atoms with Gasteiger partial charge in [-0.25, -0.2) is 0 Å². The highest BCUT2D eigenvalue weighted by atomic mass is 35.5.